The first-order chi connectivity index (χ1) is 7.59. The van der Waals surface area contributed by atoms with E-state index in [2.05, 4.69) is 15.9 Å². The summed E-state index contributed by atoms with van der Waals surface area (Å²) in [5.74, 6) is -0.198. The number of anilines is 1. The molecule has 1 aliphatic heterocycles. The van der Waals surface area contributed by atoms with Gasteiger partial charge in [-0.1, -0.05) is 6.07 Å². The van der Waals surface area contributed by atoms with Gasteiger partial charge in [0.25, 0.3) is 5.91 Å². The molecule has 2 rings (SSSR count). The van der Waals surface area contributed by atoms with Crippen molar-refractivity contribution in [2.45, 2.75) is 25.9 Å². The van der Waals surface area contributed by atoms with Crippen LogP contribution >= 0.6 is 15.9 Å². The van der Waals surface area contributed by atoms with E-state index in [9.17, 15) is 9.90 Å². The van der Waals surface area contributed by atoms with Crippen LogP contribution in [0.4, 0.5) is 5.69 Å². The molecule has 16 heavy (non-hydrogen) atoms. The third kappa shape index (κ3) is 2.13. The van der Waals surface area contributed by atoms with Gasteiger partial charge in [-0.05, 0) is 53.4 Å². The van der Waals surface area contributed by atoms with E-state index < -0.39 is 6.10 Å². The molecule has 1 atom stereocenters. The van der Waals surface area contributed by atoms with Crippen molar-refractivity contribution in [2.75, 3.05) is 11.4 Å². The van der Waals surface area contributed by atoms with Crippen molar-refractivity contribution in [3.63, 3.8) is 0 Å². The molecule has 0 bridgehead atoms. The zero-order chi connectivity index (χ0) is 11.7. The lowest BCUT2D eigenvalue weighted by molar-refractivity contribution is -0.128. The van der Waals surface area contributed by atoms with Crippen LogP contribution in [0.15, 0.2) is 22.7 Å². The summed E-state index contributed by atoms with van der Waals surface area (Å²) in [6.07, 6.45) is 0.563. The smallest absolute Gasteiger partial charge is 0.255 e. The van der Waals surface area contributed by atoms with Crippen molar-refractivity contribution < 1.29 is 9.90 Å². The van der Waals surface area contributed by atoms with Gasteiger partial charge in [0.15, 0.2) is 0 Å². The minimum atomic E-state index is -0.845. The monoisotopic (exact) mass is 283 g/mol. The van der Waals surface area contributed by atoms with Crippen LogP contribution in [0, 0.1) is 6.92 Å². The van der Waals surface area contributed by atoms with Crippen LogP contribution < -0.4 is 4.90 Å². The molecule has 1 aromatic carbocycles. The molecule has 0 saturated carbocycles. The quantitative estimate of drug-likeness (QED) is 0.859. The summed E-state index contributed by atoms with van der Waals surface area (Å²) in [6.45, 7) is 2.68. The molecule has 0 aliphatic carbocycles. The Balaban J connectivity index is 2.32. The maximum Gasteiger partial charge on any atom is 0.255 e. The van der Waals surface area contributed by atoms with Crippen molar-refractivity contribution >= 4 is 27.5 Å². The van der Waals surface area contributed by atoms with Crippen molar-refractivity contribution in [1.29, 1.82) is 0 Å². The lowest BCUT2D eigenvalue weighted by Gasteiger charge is -2.30. The maximum absolute atomic E-state index is 11.8. The number of piperidine rings is 1. The van der Waals surface area contributed by atoms with Crippen LogP contribution in [0.2, 0.25) is 0 Å². The van der Waals surface area contributed by atoms with E-state index >= 15 is 0 Å². The Bertz CT molecular complexity index is 419. The number of nitrogens with zero attached hydrogens (tertiary/aromatic N) is 1. The average Bonchev–Trinajstić information content (AvgIpc) is 2.23. The molecule has 3 nitrogen and oxygen atoms in total. The molecule has 1 unspecified atom stereocenters. The van der Waals surface area contributed by atoms with Crippen LogP contribution in [0.5, 0.6) is 0 Å². The fraction of sp³-hybridized carbons (Fsp3) is 0.417. The van der Waals surface area contributed by atoms with E-state index in [1.165, 1.54) is 0 Å². The van der Waals surface area contributed by atoms with Crippen LogP contribution in [-0.4, -0.2) is 23.7 Å². The lowest BCUT2D eigenvalue weighted by atomic mass is 10.1. The van der Waals surface area contributed by atoms with Gasteiger partial charge in [-0.3, -0.25) is 4.79 Å². The van der Waals surface area contributed by atoms with Gasteiger partial charge in [-0.2, -0.15) is 0 Å². The summed E-state index contributed by atoms with van der Waals surface area (Å²) in [5.41, 5.74) is 1.98. The average molecular weight is 284 g/mol. The predicted octanol–water partition coefficient (Wildman–Crippen LogP) is 2.25. The molecule has 86 valence electrons. The van der Waals surface area contributed by atoms with E-state index in [4.69, 9.17) is 0 Å². The van der Waals surface area contributed by atoms with Gasteiger partial charge in [0.1, 0.15) is 6.10 Å². The number of benzene rings is 1. The number of hydrogen-bond donors (Lipinski definition) is 1. The third-order valence-electron chi connectivity index (χ3n) is 2.80. The lowest BCUT2D eigenvalue weighted by Crippen LogP contribution is -2.44. The highest BCUT2D eigenvalue weighted by Gasteiger charge is 2.28. The van der Waals surface area contributed by atoms with Crippen molar-refractivity contribution in [3.8, 4) is 0 Å². The number of carbonyl (C=O) groups is 1. The SMILES string of the molecule is Cc1ccc(N2CCCC(O)C2=O)c(Br)c1. The minimum absolute atomic E-state index is 0.198. The van der Waals surface area contributed by atoms with Crippen LogP contribution in [-0.2, 0) is 4.79 Å². The molecule has 0 aromatic heterocycles. The standard InChI is InChI=1S/C12H14BrNO2/c1-8-4-5-10(9(13)7-8)14-6-2-3-11(15)12(14)16/h4-5,7,11,15H,2-3,6H2,1H3. The summed E-state index contributed by atoms with van der Waals surface area (Å²) < 4.78 is 0.898. The zero-order valence-electron chi connectivity index (χ0n) is 9.11. The van der Waals surface area contributed by atoms with E-state index in [1.807, 2.05) is 25.1 Å². The highest BCUT2D eigenvalue weighted by molar-refractivity contribution is 9.10. The largest absolute Gasteiger partial charge is 0.383 e. The second kappa shape index (κ2) is 4.55. The molecular formula is C12H14BrNO2. The van der Waals surface area contributed by atoms with E-state index in [0.717, 1.165) is 22.1 Å². The molecule has 1 N–H and O–H groups in total. The molecular weight excluding hydrogens is 270 g/mol. The van der Waals surface area contributed by atoms with Crippen molar-refractivity contribution in [1.82, 2.24) is 0 Å². The summed E-state index contributed by atoms with van der Waals surface area (Å²) in [5, 5.41) is 9.55. The Hall–Kier alpha value is -0.870. The fourth-order valence-corrected chi connectivity index (χ4v) is 2.63. The Morgan fingerprint density at radius 2 is 2.25 bits per heavy atom. The van der Waals surface area contributed by atoms with E-state index in [1.54, 1.807) is 4.90 Å². The number of aryl methyl sites for hydroxylation is 1. The predicted molar refractivity (Wildman–Crippen MR) is 66.5 cm³/mol. The molecule has 1 saturated heterocycles. The molecule has 1 fully saturated rings. The van der Waals surface area contributed by atoms with Crippen molar-refractivity contribution in [2.24, 2.45) is 0 Å². The first kappa shape index (κ1) is 11.6. The van der Waals surface area contributed by atoms with Crippen LogP contribution in [0.25, 0.3) is 0 Å². The van der Waals surface area contributed by atoms with E-state index in [-0.39, 0.29) is 5.91 Å². The molecule has 1 aliphatic rings. The highest BCUT2D eigenvalue weighted by atomic mass is 79.9. The summed E-state index contributed by atoms with van der Waals surface area (Å²) in [7, 11) is 0. The summed E-state index contributed by atoms with van der Waals surface area (Å²) in [4.78, 5) is 13.5. The Morgan fingerprint density at radius 3 is 2.94 bits per heavy atom. The topological polar surface area (TPSA) is 40.5 Å². The van der Waals surface area contributed by atoms with E-state index in [0.29, 0.717) is 13.0 Å². The van der Waals surface area contributed by atoms with Gasteiger partial charge in [0.05, 0.1) is 5.69 Å². The zero-order valence-corrected chi connectivity index (χ0v) is 10.7. The number of aliphatic hydroxyl groups excluding tert-OH is 1. The number of halogens is 1. The summed E-state index contributed by atoms with van der Waals surface area (Å²) >= 11 is 3.45. The molecule has 4 heteroatoms. The summed E-state index contributed by atoms with van der Waals surface area (Å²) in [6, 6.07) is 5.85. The number of carbonyl (C=O) groups excluding carboxylic acids is 1. The second-order valence-corrected chi connectivity index (χ2v) is 4.96. The molecule has 0 spiro atoms. The number of amides is 1. The van der Waals surface area contributed by atoms with Gasteiger partial charge in [-0.25, -0.2) is 0 Å². The van der Waals surface area contributed by atoms with Gasteiger partial charge in [0, 0.05) is 11.0 Å². The third-order valence-corrected chi connectivity index (χ3v) is 3.44. The normalized spacial score (nSPS) is 21.3. The molecule has 1 heterocycles. The highest BCUT2D eigenvalue weighted by Crippen LogP contribution is 2.29. The van der Waals surface area contributed by atoms with Crippen LogP contribution in [0.1, 0.15) is 18.4 Å². The number of rotatable bonds is 1. The van der Waals surface area contributed by atoms with Crippen molar-refractivity contribution in [3.05, 3.63) is 28.2 Å². The fourth-order valence-electron chi connectivity index (χ4n) is 1.93. The van der Waals surface area contributed by atoms with Crippen LogP contribution in [0.3, 0.4) is 0 Å². The van der Waals surface area contributed by atoms with Gasteiger partial charge >= 0.3 is 0 Å². The second-order valence-electron chi connectivity index (χ2n) is 4.10. The first-order valence-corrected chi connectivity index (χ1v) is 6.14. The number of aliphatic hydroxyl groups is 1. The minimum Gasteiger partial charge on any atom is -0.383 e. The number of hydrogen-bond acceptors (Lipinski definition) is 2. The Labute approximate surface area is 103 Å². The first-order valence-electron chi connectivity index (χ1n) is 5.35. The van der Waals surface area contributed by atoms with Gasteiger partial charge < -0.3 is 10.0 Å². The Kier molecular flexibility index (Phi) is 3.30. The maximum atomic E-state index is 11.8. The van der Waals surface area contributed by atoms with Gasteiger partial charge in [0.2, 0.25) is 0 Å². The Morgan fingerprint density at radius 1 is 1.50 bits per heavy atom. The molecule has 1 amide bonds. The van der Waals surface area contributed by atoms with Gasteiger partial charge in [-0.15, -0.1) is 0 Å². The molecule has 0 radical (unpaired) electrons. The molecule has 1 aromatic rings.